The second kappa shape index (κ2) is 6.35. The molecule has 1 heterocycles. The average molecular weight is 323 g/mol. The molecular formula is C15H19BrN2O. The van der Waals surface area contributed by atoms with Gasteiger partial charge >= 0.3 is 0 Å². The number of nitrogens with zero attached hydrogens (tertiary/aromatic N) is 1. The van der Waals surface area contributed by atoms with Crippen molar-refractivity contribution in [2.24, 2.45) is 5.92 Å². The number of aromatic nitrogens is 1. The van der Waals surface area contributed by atoms with E-state index in [2.05, 4.69) is 40.1 Å². The van der Waals surface area contributed by atoms with Gasteiger partial charge in [-0.25, -0.2) is 0 Å². The summed E-state index contributed by atoms with van der Waals surface area (Å²) < 4.78 is 0.983. The molecule has 0 amide bonds. The van der Waals surface area contributed by atoms with Crippen LogP contribution in [-0.4, -0.2) is 22.7 Å². The van der Waals surface area contributed by atoms with E-state index in [0.29, 0.717) is 12.5 Å². The Hall–Kier alpha value is -1.13. The Morgan fingerprint density at radius 2 is 2.11 bits per heavy atom. The van der Waals surface area contributed by atoms with Crippen molar-refractivity contribution in [3.8, 4) is 0 Å². The second-order valence-electron chi connectivity index (χ2n) is 5.16. The fourth-order valence-electron chi connectivity index (χ4n) is 2.15. The zero-order valence-electron chi connectivity index (χ0n) is 11.2. The third kappa shape index (κ3) is 3.67. The van der Waals surface area contributed by atoms with E-state index in [-0.39, 0.29) is 6.10 Å². The van der Waals surface area contributed by atoms with Gasteiger partial charge in [0.1, 0.15) is 0 Å². The first-order valence-corrected chi connectivity index (χ1v) is 7.32. The lowest BCUT2D eigenvalue weighted by Gasteiger charge is -2.15. The van der Waals surface area contributed by atoms with Crippen LogP contribution in [-0.2, 0) is 0 Å². The zero-order valence-corrected chi connectivity index (χ0v) is 12.8. The van der Waals surface area contributed by atoms with Gasteiger partial charge in [0.05, 0.1) is 11.6 Å². The fraction of sp³-hybridized carbons (Fsp3) is 0.400. The van der Waals surface area contributed by atoms with Crippen molar-refractivity contribution in [3.05, 3.63) is 34.9 Å². The Morgan fingerprint density at radius 1 is 1.32 bits per heavy atom. The summed E-state index contributed by atoms with van der Waals surface area (Å²) in [7, 11) is 0. The summed E-state index contributed by atoms with van der Waals surface area (Å²) in [6, 6.07) is 7.94. The lowest BCUT2D eigenvalue weighted by Crippen LogP contribution is -2.21. The molecule has 0 fully saturated rings. The van der Waals surface area contributed by atoms with Crippen molar-refractivity contribution < 1.29 is 5.11 Å². The van der Waals surface area contributed by atoms with E-state index >= 15 is 0 Å². The van der Waals surface area contributed by atoms with Crippen molar-refractivity contribution in [1.82, 2.24) is 4.98 Å². The van der Waals surface area contributed by atoms with Crippen LogP contribution in [0.1, 0.15) is 20.3 Å². The number of pyridine rings is 1. The highest BCUT2D eigenvalue weighted by Gasteiger charge is 2.08. The summed E-state index contributed by atoms with van der Waals surface area (Å²) in [5, 5.41) is 14.3. The van der Waals surface area contributed by atoms with E-state index in [1.165, 1.54) is 0 Å². The molecule has 1 unspecified atom stereocenters. The van der Waals surface area contributed by atoms with Crippen LogP contribution in [0.5, 0.6) is 0 Å². The van der Waals surface area contributed by atoms with E-state index in [4.69, 9.17) is 0 Å². The van der Waals surface area contributed by atoms with Gasteiger partial charge in [-0.15, -0.1) is 0 Å². The number of benzene rings is 1. The Morgan fingerprint density at radius 3 is 2.84 bits per heavy atom. The van der Waals surface area contributed by atoms with Crippen LogP contribution in [0.2, 0.25) is 0 Å². The van der Waals surface area contributed by atoms with E-state index in [1.54, 1.807) is 6.20 Å². The van der Waals surface area contributed by atoms with Gasteiger partial charge in [-0.1, -0.05) is 26.0 Å². The normalized spacial score (nSPS) is 12.9. The third-order valence-corrected chi connectivity index (χ3v) is 3.63. The number of aliphatic hydroxyl groups is 1. The number of nitrogens with one attached hydrogen (secondary N) is 1. The lowest BCUT2D eigenvalue weighted by molar-refractivity contribution is 0.161. The zero-order chi connectivity index (χ0) is 13.8. The summed E-state index contributed by atoms with van der Waals surface area (Å²) in [5.74, 6) is 0.500. The van der Waals surface area contributed by atoms with Gasteiger partial charge in [0.15, 0.2) is 0 Å². The van der Waals surface area contributed by atoms with Crippen LogP contribution in [0.15, 0.2) is 34.9 Å². The molecule has 2 rings (SSSR count). The predicted molar refractivity (Wildman–Crippen MR) is 83.4 cm³/mol. The number of rotatable bonds is 5. The molecule has 0 radical (unpaired) electrons. The number of anilines is 1. The number of hydrogen-bond acceptors (Lipinski definition) is 3. The average Bonchev–Trinajstić information content (AvgIpc) is 2.36. The molecule has 19 heavy (non-hydrogen) atoms. The Balaban J connectivity index is 2.15. The largest absolute Gasteiger partial charge is 0.391 e. The highest BCUT2D eigenvalue weighted by atomic mass is 79.9. The topological polar surface area (TPSA) is 45.1 Å². The molecule has 3 nitrogen and oxygen atoms in total. The van der Waals surface area contributed by atoms with Gasteiger partial charge in [0, 0.05) is 28.3 Å². The SMILES string of the molecule is CC(C)CC(O)CNc1ccnc2c(Br)cccc12. The molecule has 0 aliphatic rings. The number of halogens is 1. The minimum atomic E-state index is -0.324. The van der Waals surface area contributed by atoms with Gasteiger partial charge in [-0.2, -0.15) is 0 Å². The predicted octanol–water partition coefficient (Wildman–Crippen LogP) is 3.82. The summed E-state index contributed by atoms with van der Waals surface area (Å²) >= 11 is 3.50. The Labute approximate surface area is 122 Å². The molecule has 0 saturated heterocycles. The number of para-hydroxylation sites is 1. The van der Waals surface area contributed by atoms with E-state index in [1.807, 2.05) is 24.3 Å². The molecule has 0 aliphatic heterocycles. The first kappa shape index (κ1) is 14.3. The van der Waals surface area contributed by atoms with E-state index in [0.717, 1.165) is 27.5 Å². The molecule has 1 aromatic carbocycles. The van der Waals surface area contributed by atoms with Crippen molar-refractivity contribution in [2.75, 3.05) is 11.9 Å². The minimum absolute atomic E-state index is 0.324. The van der Waals surface area contributed by atoms with Gasteiger partial charge in [0.25, 0.3) is 0 Å². The third-order valence-electron chi connectivity index (χ3n) is 2.99. The van der Waals surface area contributed by atoms with E-state index < -0.39 is 0 Å². The van der Waals surface area contributed by atoms with Gasteiger partial charge in [0.2, 0.25) is 0 Å². The summed E-state index contributed by atoms with van der Waals surface area (Å²) in [6.45, 7) is 4.79. The Bertz CT molecular complexity index is 557. The molecule has 4 heteroatoms. The lowest BCUT2D eigenvalue weighted by atomic mass is 10.1. The van der Waals surface area contributed by atoms with E-state index in [9.17, 15) is 5.11 Å². The van der Waals surface area contributed by atoms with Crippen LogP contribution >= 0.6 is 15.9 Å². The molecule has 102 valence electrons. The van der Waals surface area contributed by atoms with Gasteiger partial charge < -0.3 is 10.4 Å². The molecule has 2 N–H and O–H groups in total. The smallest absolute Gasteiger partial charge is 0.0864 e. The second-order valence-corrected chi connectivity index (χ2v) is 6.01. The number of hydrogen-bond donors (Lipinski definition) is 2. The molecule has 0 spiro atoms. The highest BCUT2D eigenvalue weighted by Crippen LogP contribution is 2.27. The number of aliphatic hydroxyl groups excluding tert-OH is 1. The first-order valence-electron chi connectivity index (χ1n) is 6.53. The van der Waals surface area contributed by atoms with Gasteiger partial charge in [-0.05, 0) is 40.4 Å². The molecule has 0 aliphatic carbocycles. The van der Waals surface area contributed by atoms with Crippen LogP contribution in [0, 0.1) is 5.92 Å². The summed E-state index contributed by atoms with van der Waals surface area (Å²) in [5.41, 5.74) is 1.94. The maximum absolute atomic E-state index is 9.92. The maximum atomic E-state index is 9.92. The van der Waals surface area contributed by atoms with Crippen molar-refractivity contribution in [3.63, 3.8) is 0 Å². The quantitative estimate of drug-likeness (QED) is 0.879. The van der Waals surface area contributed by atoms with Crippen LogP contribution in [0.4, 0.5) is 5.69 Å². The number of fused-ring (bicyclic) bond motifs is 1. The van der Waals surface area contributed by atoms with Crippen LogP contribution < -0.4 is 5.32 Å². The van der Waals surface area contributed by atoms with Gasteiger partial charge in [-0.3, -0.25) is 4.98 Å². The molecule has 0 bridgehead atoms. The van der Waals surface area contributed by atoms with Crippen LogP contribution in [0.3, 0.4) is 0 Å². The van der Waals surface area contributed by atoms with Crippen LogP contribution in [0.25, 0.3) is 10.9 Å². The minimum Gasteiger partial charge on any atom is -0.391 e. The summed E-state index contributed by atoms with van der Waals surface area (Å²) in [6.07, 6.45) is 2.26. The standard InChI is InChI=1S/C15H19BrN2O/c1-10(2)8-11(19)9-18-14-6-7-17-15-12(14)4-3-5-13(15)16/h3-7,10-11,19H,8-9H2,1-2H3,(H,17,18). The monoisotopic (exact) mass is 322 g/mol. The maximum Gasteiger partial charge on any atom is 0.0864 e. The molecule has 0 saturated carbocycles. The van der Waals surface area contributed by atoms with Crippen molar-refractivity contribution in [1.29, 1.82) is 0 Å². The molecule has 1 atom stereocenters. The molecule has 1 aromatic heterocycles. The molecule has 2 aromatic rings. The molecular weight excluding hydrogens is 304 g/mol. The van der Waals surface area contributed by atoms with Crippen molar-refractivity contribution >= 4 is 32.5 Å². The fourth-order valence-corrected chi connectivity index (χ4v) is 2.62. The first-order chi connectivity index (χ1) is 9.08. The summed E-state index contributed by atoms with van der Waals surface area (Å²) in [4.78, 5) is 4.37. The highest BCUT2D eigenvalue weighted by molar-refractivity contribution is 9.10. The Kier molecular flexibility index (Phi) is 4.77. The van der Waals surface area contributed by atoms with Crippen molar-refractivity contribution in [2.45, 2.75) is 26.4 Å².